The predicted octanol–water partition coefficient (Wildman–Crippen LogP) is 2.23. The molecule has 1 aromatic carbocycles. The molecule has 0 saturated carbocycles. The molecule has 0 radical (unpaired) electrons. The van der Waals surface area contributed by atoms with Crippen LogP contribution in [0.4, 0.5) is 11.4 Å². The molecule has 0 spiro atoms. The highest BCUT2D eigenvalue weighted by molar-refractivity contribution is 7.90. The summed E-state index contributed by atoms with van der Waals surface area (Å²) >= 11 is 0. The minimum atomic E-state index is -3.69. The maximum Gasteiger partial charge on any atom is 0.288 e. The number of carbonyl (C=O) groups is 1. The molecule has 0 unspecified atom stereocenters. The largest absolute Gasteiger partial charge is 0.371 e. The Balaban J connectivity index is 1.65. The third kappa shape index (κ3) is 4.58. The van der Waals surface area contributed by atoms with Crippen LogP contribution >= 0.6 is 0 Å². The number of carbonyl (C=O) groups excluding carboxylic acids is 1. The number of sulfone groups is 1. The van der Waals surface area contributed by atoms with Crippen LogP contribution in [0.5, 0.6) is 0 Å². The first kappa shape index (κ1) is 19.6. The molecule has 27 heavy (non-hydrogen) atoms. The number of nitrogens with zero attached hydrogens (tertiary/aromatic N) is 3. The van der Waals surface area contributed by atoms with Gasteiger partial charge in [-0.05, 0) is 43.7 Å². The monoisotopic (exact) mass is 395 g/mol. The zero-order valence-electron chi connectivity index (χ0n) is 15.5. The standard InChI is InChI=1S/C18H25N3O5S/c1-27(25,26)17-13-15(4-5-16(17)21(23)24)19-10-6-14(7-11-19)12-18(22)20-8-2-3-9-20/h4-5,13-14H,2-3,6-12H2,1H3. The number of hydrogen-bond acceptors (Lipinski definition) is 6. The normalized spacial score (nSPS) is 18.7. The Labute approximate surface area is 159 Å². The fourth-order valence-electron chi connectivity index (χ4n) is 3.89. The van der Waals surface area contributed by atoms with Gasteiger partial charge in [0.25, 0.3) is 5.69 Å². The molecule has 148 valence electrons. The van der Waals surface area contributed by atoms with E-state index in [1.54, 1.807) is 6.07 Å². The molecule has 3 rings (SSSR count). The Hall–Kier alpha value is -2.16. The van der Waals surface area contributed by atoms with Crippen LogP contribution in [0.15, 0.2) is 23.1 Å². The Bertz CT molecular complexity index is 825. The molecular formula is C18H25N3O5S. The van der Waals surface area contributed by atoms with E-state index in [1.165, 1.54) is 12.1 Å². The van der Waals surface area contributed by atoms with Gasteiger partial charge in [0.2, 0.25) is 5.91 Å². The number of nitro benzene ring substituents is 1. The maximum absolute atomic E-state index is 12.3. The van der Waals surface area contributed by atoms with E-state index < -0.39 is 20.4 Å². The quantitative estimate of drug-likeness (QED) is 0.560. The van der Waals surface area contributed by atoms with Crippen LogP contribution in [0.3, 0.4) is 0 Å². The van der Waals surface area contributed by atoms with Gasteiger partial charge in [-0.3, -0.25) is 14.9 Å². The van der Waals surface area contributed by atoms with Gasteiger partial charge >= 0.3 is 0 Å². The van der Waals surface area contributed by atoms with Crippen molar-refractivity contribution in [1.29, 1.82) is 0 Å². The summed E-state index contributed by atoms with van der Waals surface area (Å²) in [5, 5.41) is 11.1. The van der Waals surface area contributed by atoms with Crippen molar-refractivity contribution in [2.24, 2.45) is 5.92 Å². The molecule has 2 aliphatic rings. The minimum Gasteiger partial charge on any atom is -0.371 e. The van der Waals surface area contributed by atoms with Gasteiger partial charge in [0.05, 0.1) is 4.92 Å². The van der Waals surface area contributed by atoms with Gasteiger partial charge in [-0.15, -0.1) is 0 Å². The number of rotatable bonds is 5. The summed E-state index contributed by atoms with van der Waals surface area (Å²) in [4.78, 5) is 26.5. The van der Waals surface area contributed by atoms with Gasteiger partial charge in [0.1, 0.15) is 4.90 Å². The SMILES string of the molecule is CS(=O)(=O)c1cc(N2CCC(CC(=O)N3CCCC3)CC2)ccc1[N+](=O)[O-]. The maximum atomic E-state index is 12.3. The Kier molecular flexibility index (Phi) is 5.69. The first-order chi connectivity index (χ1) is 12.8. The van der Waals surface area contributed by atoms with Crippen LogP contribution in [0.25, 0.3) is 0 Å². The molecule has 0 aromatic heterocycles. The summed E-state index contributed by atoms with van der Waals surface area (Å²) in [6.45, 7) is 3.15. The summed E-state index contributed by atoms with van der Waals surface area (Å²) in [5.74, 6) is 0.572. The number of likely N-dealkylation sites (tertiary alicyclic amines) is 1. The van der Waals surface area contributed by atoms with E-state index in [-0.39, 0.29) is 10.8 Å². The second kappa shape index (κ2) is 7.84. The fraction of sp³-hybridized carbons (Fsp3) is 0.611. The van der Waals surface area contributed by atoms with Crippen molar-refractivity contribution in [1.82, 2.24) is 4.90 Å². The topological polar surface area (TPSA) is 101 Å². The van der Waals surface area contributed by atoms with Gasteiger partial charge in [-0.2, -0.15) is 0 Å². The molecule has 2 fully saturated rings. The molecule has 0 aliphatic carbocycles. The first-order valence-electron chi connectivity index (χ1n) is 9.27. The van der Waals surface area contributed by atoms with Gasteiger partial charge in [-0.25, -0.2) is 8.42 Å². The van der Waals surface area contributed by atoms with Crippen LogP contribution in [0.2, 0.25) is 0 Å². The summed E-state index contributed by atoms with van der Waals surface area (Å²) in [6, 6.07) is 4.25. The Morgan fingerprint density at radius 3 is 2.37 bits per heavy atom. The lowest BCUT2D eigenvalue weighted by Crippen LogP contribution is -2.36. The molecule has 2 aliphatic heterocycles. The number of hydrogen-bond donors (Lipinski definition) is 0. The van der Waals surface area contributed by atoms with E-state index in [0.29, 0.717) is 31.1 Å². The third-order valence-corrected chi connectivity index (χ3v) is 6.57. The van der Waals surface area contributed by atoms with E-state index in [0.717, 1.165) is 45.0 Å². The fourth-order valence-corrected chi connectivity index (χ4v) is 4.74. The lowest BCUT2D eigenvalue weighted by atomic mass is 9.92. The van der Waals surface area contributed by atoms with Crippen molar-refractivity contribution in [3.63, 3.8) is 0 Å². The predicted molar refractivity (Wildman–Crippen MR) is 102 cm³/mol. The first-order valence-corrected chi connectivity index (χ1v) is 11.2. The number of benzene rings is 1. The highest BCUT2D eigenvalue weighted by atomic mass is 32.2. The van der Waals surface area contributed by atoms with E-state index in [9.17, 15) is 23.3 Å². The van der Waals surface area contributed by atoms with Gasteiger partial charge in [0.15, 0.2) is 9.84 Å². The molecule has 1 aromatic rings. The number of piperidine rings is 1. The number of nitro groups is 1. The van der Waals surface area contributed by atoms with E-state index in [2.05, 4.69) is 0 Å². The van der Waals surface area contributed by atoms with E-state index in [1.807, 2.05) is 9.80 Å². The van der Waals surface area contributed by atoms with Crippen molar-refractivity contribution < 1.29 is 18.1 Å². The molecule has 0 atom stereocenters. The molecule has 2 saturated heterocycles. The molecule has 2 heterocycles. The van der Waals surface area contributed by atoms with Gasteiger partial charge < -0.3 is 9.80 Å². The third-order valence-electron chi connectivity index (χ3n) is 5.44. The lowest BCUT2D eigenvalue weighted by molar-refractivity contribution is -0.387. The molecule has 9 heteroatoms. The highest BCUT2D eigenvalue weighted by Crippen LogP contribution is 2.31. The van der Waals surface area contributed by atoms with Gasteiger partial charge in [0, 0.05) is 50.6 Å². The van der Waals surface area contributed by atoms with E-state index in [4.69, 9.17) is 0 Å². The van der Waals surface area contributed by atoms with Crippen molar-refractivity contribution in [2.45, 2.75) is 37.0 Å². The summed E-state index contributed by atoms with van der Waals surface area (Å²) in [5.41, 5.74) is 0.276. The average Bonchev–Trinajstić information content (AvgIpc) is 3.16. The number of amides is 1. The summed E-state index contributed by atoms with van der Waals surface area (Å²) in [7, 11) is -3.69. The molecule has 0 N–H and O–H groups in total. The van der Waals surface area contributed by atoms with Crippen molar-refractivity contribution in [3.05, 3.63) is 28.3 Å². The van der Waals surface area contributed by atoms with Crippen molar-refractivity contribution in [2.75, 3.05) is 37.3 Å². The van der Waals surface area contributed by atoms with Crippen LogP contribution in [0.1, 0.15) is 32.1 Å². The summed E-state index contributed by atoms with van der Waals surface area (Å²) in [6.07, 6.45) is 5.44. The number of anilines is 1. The Morgan fingerprint density at radius 2 is 1.81 bits per heavy atom. The van der Waals surface area contributed by atoms with Crippen LogP contribution in [-0.2, 0) is 14.6 Å². The minimum absolute atomic E-state index is 0.237. The lowest BCUT2D eigenvalue weighted by Gasteiger charge is -2.34. The van der Waals surface area contributed by atoms with Crippen LogP contribution in [-0.4, -0.2) is 56.6 Å². The second-order valence-corrected chi connectivity index (χ2v) is 9.39. The van der Waals surface area contributed by atoms with Crippen molar-refractivity contribution in [3.8, 4) is 0 Å². The zero-order chi connectivity index (χ0) is 19.6. The van der Waals surface area contributed by atoms with E-state index >= 15 is 0 Å². The van der Waals surface area contributed by atoms with Crippen LogP contribution in [0, 0.1) is 16.0 Å². The highest BCUT2D eigenvalue weighted by Gasteiger charge is 2.27. The molecular weight excluding hydrogens is 370 g/mol. The summed E-state index contributed by atoms with van der Waals surface area (Å²) < 4.78 is 23.9. The average molecular weight is 395 g/mol. The zero-order valence-corrected chi connectivity index (χ0v) is 16.3. The molecule has 8 nitrogen and oxygen atoms in total. The second-order valence-electron chi connectivity index (χ2n) is 7.40. The molecule has 0 bridgehead atoms. The van der Waals surface area contributed by atoms with Gasteiger partial charge in [-0.1, -0.05) is 0 Å². The van der Waals surface area contributed by atoms with Crippen molar-refractivity contribution >= 4 is 27.1 Å². The molecule has 1 amide bonds. The smallest absolute Gasteiger partial charge is 0.288 e. The Morgan fingerprint density at radius 1 is 1.19 bits per heavy atom. The van der Waals surface area contributed by atoms with Crippen LogP contribution < -0.4 is 4.90 Å².